The molecule has 1 aromatic heterocycles. The molecule has 1 heterocycles. The monoisotopic (exact) mass is 317 g/mol. The van der Waals surface area contributed by atoms with Crippen LogP contribution < -0.4 is 0 Å². The van der Waals surface area contributed by atoms with Crippen LogP contribution in [0.1, 0.15) is 38.3 Å². The van der Waals surface area contributed by atoms with Crippen molar-refractivity contribution in [2.75, 3.05) is 7.05 Å². The van der Waals surface area contributed by atoms with Crippen LogP contribution in [0.4, 0.5) is 0 Å². The molecular formula is C17H19NO3S. The highest BCUT2D eigenvalue weighted by atomic mass is 32.1. The number of amides is 1. The molecule has 0 fully saturated rings. The van der Waals surface area contributed by atoms with Gasteiger partial charge in [-0.25, -0.2) is 4.79 Å². The zero-order valence-corrected chi connectivity index (χ0v) is 13.5. The first kappa shape index (κ1) is 16.2. The van der Waals surface area contributed by atoms with Crippen LogP contribution in [0.3, 0.4) is 0 Å². The van der Waals surface area contributed by atoms with Crippen molar-refractivity contribution in [2.24, 2.45) is 0 Å². The van der Waals surface area contributed by atoms with E-state index in [1.165, 1.54) is 11.6 Å². The second-order valence-corrected chi connectivity index (χ2v) is 6.22. The van der Waals surface area contributed by atoms with Gasteiger partial charge in [0.2, 0.25) is 0 Å². The van der Waals surface area contributed by atoms with Gasteiger partial charge in [0, 0.05) is 13.1 Å². The number of likely N-dealkylation sites (N-methyl/N-ethyl adjacent to an activating group) is 1. The molecule has 4 nitrogen and oxygen atoms in total. The molecule has 0 aliphatic heterocycles. The molecule has 0 aliphatic rings. The average Bonchev–Trinajstić information content (AvgIpc) is 3.02. The molecule has 1 aromatic carbocycles. The van der Waals surface area contributed by atoms with Crippen LogP contribution in [-0.2, 0) is 6.42 Å². The van der Waals surface area contributed by atoms with Crippen molar-refractivity contribution < 1.29 is 14.7 Å². The predicted octanol–water partition coefficient (Wildman–Crippen LogP) is 3.54. The molecule has 1 amide bonds. The van der Waals surface area contributed by atoms with Crippen molar-refractivity contribution >= 4 is 23.2 Å². The molecule has 0 spiro atoms. The number of aromatic carboxylic acids is 1. The summed E-state index contributed by atoms with van der Waals surface area (Å²) in [4.78, 5) is 25.8. The molecule has 1 unspecified atom stereocenters. The molecule has 0 bridgehead atoms. The van der Waals surface area contributed by atoms with Crippen molar-refractivity contribution in [1.29, 1.82) is 0 Å². The molecular weight excluding hydrogens is 298 g/mol. The number of hydrogen-bond donors (Lipinski definition) is 1. The molecule has 1 atom stereocenters. The Morgan fingerprint density at radius 2 is 1.77 bits per heavy atom. The van der Waals surface area contributed by atoms with Gasteiger partial charge in [-0.1, -0.05) is 37.3 Å². The third kappa shape index (κ3) is 3.74. The largest absolute Gasteiger partial charge is 0.477 e. The molecule has 2 aromatic rings. The van der Waals surface area contributed by atoms with E-state index in [-0.39, 0.29) is 16.8 Å². The standard InChI is InChI=1S/C17H19NO3S/c1-3-13(11-12-7-5-4-6-8-12)18(2)16(19)14-9-10-15(22-14)17(20)21/h4-10,13H,3,11H2,1-2H3,(H,20,21). The van der Waals surface area contributed by atoms with Crippen LogP contribution in [0, 0.1) is 0 Å². The lowest BCUT2D eigenvalue weighted by Crippen LogP contribution is -2.37. The molecule has 0 saturated carbocycles. The zero-order chi connectivity index (χ0) is 16.1. The molecule has 116 valence electrons. The van der Waals surface area contributed by atoms with Gasteiger partial charge in [0.05, 0.1) is 4.88 Å². The number of carboxylic acids is 1. The Kier molecular flexibility index (Phi) is 5.33. The number of nitrogens with zero attached hydrogens (tertiary/aromatic N) is 1. The van der Waals surface area contributed by atoms with E-state index in [0.717, 1.165) is 24.2 Å². The minimum Gasteiger partial charge on any atom is -0.477 e. The molecule has 2 rings (SSSR count). The fourth-order valence-electron chi connectivity index (χ4n) is 2.35. The quantitative estimate of drug-likeness (QED) is 0.886. The maximum absolute atomic E-state index is 12.5. The molecule has 0 saturated heterocycles. The van der Waals surface area contributed by atoms with E-state index in [4.69, 9.17) is 5.11 Å². The Morgan fingerprint density at radius 1 is 1.14 bits per heavy atom. The van der Waals surface area contributed by atoms with Crippen LogP contribution in [-0.4, -0.2) is 35.0 Å². The molecule has 0 radical (unpaired) electrons. The number of hydrogen-bond acceptors (Lipinski definition) is 3. The zero-order valence-electron chi connectivity index (χ0n) is 12.7. The lowest BCUT2D eigenvalue weighted by Gasteiger charge is -2.27. The normalized spacial score (nSPS) is 11.9. The van der Waals surface area contributed by atoms with Gasteiger partial charge in [-0.3, -0.25) is 4.79 Å². The van der Waals surface area contributed by atoms with Crippen molar-refractivity contribution in [2.45, 2.75) is 25.8 Å². The number of carboxylic acid groups (broad SMARTS) is 1. The minimum absolute atomic E-state index is 0.0882. The summed E-state index contributed by atoms with van der Waals surface area (Å²) in [5.74, 6) is -1.12. The van der Waals surface area contributed by atoms with Gasteiger partial charge < -0.3 is 10.0 Å². The Labute approximate surface area is 134 Å². The van der Waals surface area contributed by atoms with Gasteiger partial charge in [0.25, 0.3) is 5.91 Å². The fraction of sp³-hybridized carbons (Fsp3) is 0.294. The third-order valence-electron chi connectivity index (χ3n) is 3.68. The predicted molar refractivity (Wildman–Crippen MR) is 87.6 cm³/mol. The summed E-state index contributed by atoms with van der Waals surface area (Å²) in [5, 5.41) is 8.95. The van der Waals surface area contributed by atoms with E-state index in [9.17, 15) is 9.59 Å². The Bertz CT molecular complexity index is 651. The number of benzene rings is 1. The highest BCUT2D eigenvalue weighted by Crippen LogP contribution is 2.20. The highest BCUT2D eigenvalue weighted by Gasteiger charge is 2.22. The highest BCUT2D eigenvalue weighted by molar-refractivity contribution is 7.15. The molecule has 1 N–H and O–H groups in total. The summed E-state index contributed by atoms with van der Waals surface area (Å²) in [5.41, 5.74) is 1.19. The van der Waals surface area contributed by atoms with E-state index in [0.29, 0.717) is 4.88 Å². The van der Waals surface area contributed by atoms with Gasteiger partial charge >= 0.3 is 5.97 Å². The van der Waals surface area contributed by atoms with Crippen LogP contribution in [0.2, 0.25) is 0 Å². The first-order valence-corrected chi connectivity index (χ1v) is 7.98. The smallest absolute Gasteiger partial charge is 0.345 e. The Morgan fingerprint density at radius 3 is 2.32 bits per heavy atom. The number of rotatable bonds is 6. The van der Waals surface area contributed by atoms with E-state index < -0.39 is 5.97 Å². The summed E-state index contributed by atoms with van der Waals surface area (Å²) in [6.45, 7) is 2.05. The second kappa shape index (κ2) is 7.22. The maximum atomic E-state index is 12.5. The molecule has 22 heavy (non-hydrogen) atoms. The van der Waals surface area contributed by atoms with Crippen LogP contribution in [0.5, 0.6) is 0 Å². The van der Waals surface area contributed by atoms with Gasteiger partial charge in [0.15, 0.2) is 0 Å². The van der Waals surface area contributed by atoms with Gasteiger partial charge in [-0.05, 0) is 30.5 Å². The van der Waals surface area contributed by atoms with Crippen molar-refractivity contribution in [3.05, 3.63) is 57.8 Å². The van der Waals surface area contributed by atoms with E-state index in [2.05, 4.69) is 19.1 Å². The summed E-state index contributed by atoms with van der Waals surface area (Å²) in [6, 6.07) is 13.2. The Hall–Kier alpha value is -2.14. The first-order valence-electron chi connectivity index (χ1n) is 7.17. The maximum Gasteiger partial charge on any atom is 0.345 e. The van der Waals surface area contributed by atoms with Crippen molar-refractivity contribution in [3.8, 4) is 0 Å². The van der Waals surface area contributed by atoms with E-state index >= 15 is 0 Å². The SMILES string of the molecule is CCC(Cc1ccccc1)N(C)C(=O)c1ccc(C(=O)O)s1. The van der Waals surface area contributed by atoms with Crippen LogP contribution >= 0.6 is 11.3 Å². The van der Waals surface area contributed by atoms with Crippen LogP contribution in [0.15, 0.2) is 42.5 Å². The van der Waals surface area contributed by atoms with Crippen LogP contribution in [0.25, 0.3) is 0 Å². The second-order valence-electron chi connectivity index (χ2n) is 5.14. The van der Waals surface area contributed by atoms with Crippen molar-refractivity contribution in [1.82, 2.24) is 4.90 Å². The number of carbonyl (C=O) groups excluding carboxylic acids is 1. The molecule has 5 heteroatoms. The fourth-order valence-corrected chi connectivity index (χ4v) is 3.18. The van der Waals surface area contributed by atoms with Gasteiger partial charge in [-0.2, -0.15) is 0 Å². The van der Waals surface area contributed by atoms with E-state index in [1.807, 2.05) is 18.2 Å². The minimum atomic E-state index is -0.997. The lowest BCUT2D eigenvalue weighted by atomic mass is 10.0. The van der Waals surface area contributed by atoms with E-state index in [1.54, 1.807) is 18.0 Å². The lowest BCUT2D eigenvalue weighted by molar-refractivity contribution is 0.0700. The average molecular weight is 317 g/mol. The van der Waals surface area contributed by atoms with Crippen molar-refractivity contribution in [3.63, 3.8) is 0 Å². The summed E-state index contributed by atoms with van der Waals surface area (Å²) in [6.07, 6.45) is 1.63. The number of thiophene rings is 1. The third-order valence-corrected chi connectivity index (χ3v) is 4.74. The topological polar surface area (TPSA) is 57.6 Å². The Balaban J connectivity index is 2.11. The van der Waals surface area contributed by atoms with Gasteiger partial charge in [-0.15, -0.1) is 11.3 Å². The van der Waals surface area contributed by atoms with Gasteiger partial charge in [0.1, 0.15) is 4.88 Å². The summed E-state index contributed by atoms with van der Waals surface area (Å²) < 4.78 is 0. The first-order chi connectivity index (χ1) is 10.5. The number of carbonyl (C=O) groups is 2. The summed E-state index contributed by atoms with van der Waals surface area (Å²) >= 11 is 1.02. The summed E-state index contributed by atoms with van der Waals surface area (Å²) in [7, 11) is 1.78. The molecule has 0 aliphatic carbocycles.